The van der Waals surface area contributed by atoms with E-state index < -0.39 is 6.04 Å². The molecule has 4 nitrogen and oxygen atoms in total. The number of nitrogens with one attached hydrogen (secondary N) is 1. The lowest BCUT2D eigenvalue weighted by atomic mass is 10.2. The molecule has 2 atom stereocenters. The first-order valence-electron chi connectivity index (χ1n) is 2.84. The smallest absolute Gasteiger partial charge is 0.240 e. The Morgan fingerprint density at radius 1 is 1.80 bits per heavy atom. The van der Waals surface area contributed by atoms with Gasteiger partial charge in [-0.05, 0) is 0 Å². The summed E-state index contributed by atoms with van der Waals surface area (Å²) in [5.74, 6) is -0.182. The molecular weight excluding hydrogens is 152 g/mol. The minimum absolute atomic E-state index is 0.0274. The molecule has 1 saturated heterocycles. The zero-order chi connectivity index (χ0) is 7.72. The molecule has 56 valence electrons. The van der Waals surface area contributed by atoms with E-state index in [2.05, 4.69) is 5.32 Å². The first-order chi connectivity index (χ1) is 4.61. The summed E-state index contributed by atoms with van der Waals surface area (Å²) in [5.41, 5.74) is 5.33. The highest BCUT2D eigenvalue weighted by atomic mass is 32.2. The summed E-state index contributed by atoms with van der Waals surface area (Å²) < 4.78 is 0. The van der Waals surface area contributed by atoms with E-state index in [1.807, 2.05) is 0 Å². The van der Waals surface area contributed by atoms with Crippen molar-refractivity contribution in [3.63, 3.8) is 0 Å². The maximum atomic E-state index is 10.5. The predicted molar refractivity (Wildman–Crippen MR) is 38.2 cm³/mol. The van der Waals surface area contributed by atoms with Crippen molar-refractivity contribution in [1.29, 1.82) is 0 Å². The fraction of sp³-hybridized carbons (Fsp3) is 0.600. The predicted octanol–water partition coefficient (Wildman–Crippen LogP) is -0.951. The minimum Gasteiger partial charge on any atom is -0.340 e. The standard InChI is InChI=1S/C5H8N2O2S/c1-2(8)10-5-3(6)4(9)7-5/h3,5H,6H2,1H3,(H,7,9). The molecule has 10 heavy (non-hydrogen) atoms. The molecular formula is C5H8N2O2S. The molecule has 3 N–H and O–H groups in total. The average molecular weight is 160 g/mol. The van der Waals surface area contributed by atoms with Crippen LogP contribution in [0.4, 0.5) is 0 Å². The highest BCUT2D eigenvalue weighted by Crippen LogP contribution is 2.18. The average Bonchev–Trinajstić information content (AvgIpc) is 1.86. The highest BCUT2D eigenvalue weighted by Gasteiger charge is 2.37. The molecule has 1 fully saturated rings. The Balaban J connectivity index is 2.34. The lowest BCUT2D eigenvalue weighted by Gasteiger charge is -2.32. The van der Waals surface area contributed by atoms with E-state index in [0.29, 0.717) is 0 Å². The molecule has 0 bridgehead atoms. The monoisotopic (exact) mass is 160 g/mol. The lowest BCUT2D eigenvalue weighted by molar-refractivity contribution is -0.128. The highest BCUT2D eigenvalue weighted by molar-refractivity contribution is 8.14. The Labute approximate surface area is 62.5 Å². The number of β-lactam (4-membered cyclic amide) rings is 1. The van der Waals surface area contributed by atoms with Crippen molar-refractivity contribution in [3.05, 3.63) is 0 Å². The van der Waals surface area contributed by atoms with Gasteiger partial charge >= 0.3 is 0 Å². The Hall–Kier alpha value is -0.550. The topological polar surface area (TPSA) is 72.2 Å². The van der Waals surface area contributed by atoms with E-state index in [-0.39, 0.29) is 16.4 Å². The third-order valence-corrected chi connectivity index (χ3v) is 2.20. The number of rotatable bonds is 1. The Morgan fingerprint density at radius 2 is 2.40 bits per heavy atom. The largest absolute Gasteiger partial charge is 0.340 e. The summed E-state index contributed by atoms with van der Waals surface area (Å²) in [6.07, 6.45) is 0. The van der Waals surface area contributed by atoms with Crippen LogP contribution in [0.3, 0.4) is 0 Å². The van der Waals surface area contributed by atoms with E-state index in [9.17, 15) is 9.59 Å². The van der Waals surface area contributed by atoms with E-state index in [4.69, 9.17) is 5.73 Å². The van der Waals surface area contributed by atoms with Gasteiger partial charge in [0.05, 0.1) is 0 Å². The van der Waals surface area contributed by atoms with Crippen molar-refractivity contribution in [3.8, 4) is 0 Å². The Bertz CT molecular complexity index is 182. The van der Waals surface area contributed by atoms with Crippen LogP contribution in [0.15, 0.2) is 0 Å². The van der Waals surface area contributed by atoms with Crippen LogP contribution >= 0.6 is 11.8 Å². The molecule has 0 saturated carbocycles. The van der Waals surface area contributed by atoms with Crippen LogP contribution in [0.2, 0.25) is 0 Å². The van der Waals surface area contributed by atoms with Crippen molar-refractivity contribution >= 4 is 22.8 Å². The maximum Gasteiger partial charge on any atom is 0.240 e. The van der Waals surface area contributed by atoms with Gasteiger partial charge < -0.3 is 11.1 Å². The summed E-state index contributed by atoms with van der Waals surface area (Å²) >= 11 is 1.06. The third kappa shape index (κ3) is 1.30. The van der Waals surface area contributed by atoms with Crippen molar-refractivity contribution in [2.75, 3.05) is 0 Å². The van der Waals surface area contributed by atoms with Crippen LogP contribution in [-0.2, 0) is 9.59 Å². The first kappa shape index (κ1) is 7.56. The Kier molecular flexibility index (Phi) is 1.96. The van der Waals surface area contributed by atoms with Gasteiger partial charge in [0.15, 0.2) is 5.12 Å². The SMILES string of the molecule is CC(=O)SC1NC(=O)C1N. The third-order valence-electron chi connectivity index (χ3n) is 1.21. The fourth-order valence-electron chi connectivity index (χ4n) is 0.649. The summed E-state index contributed by atoms with van der Waals surface area (Å²) in [4.78, 5) is 20.9. The van der Waals surface area contributed by atoms with Crippen molar-refractivity contribution in [2.45, 2.75) is 18.3 Å². The molecule has 0 aliphatic carbocycles. The number of amides is 1. The number of nitrogens with two attached hydrogens (primary N) is 1. The normalized spacial score (nSPS) is 30.8. The van der Waals surface area contributed by atoms with E-state index >= 15 is 0 Å². The number of carbonyl (C=O) groups is 2. The number of carbonyl (C=O) groups excluding carboxylic acids is 2. The van der Waals surface area contributed by atoms with Crippen LogP contribution in [-0.4, -0.2) is 22.4 Å². The summed E-state index contributed by atoms with van der Waals surface area (Å²) in [5, 5.41) is 2.27. The zero-order valence-corrected chi connectivity index (χ0v) is 6.27. The van der Waals surface area contributed by atoms with E-state index in [1.54, 1.807) is 0 Å². The van der Waals surface area contributed by atoms with Crippen LogP contribution < -0.4 is 11.1 Å². The van der Waals surface area contributed by atoms with Crippen molar-refractivity contribution in [2.24, 2.45) is 5.73 Å². The second kappa shape index (κ2) is 2.59. The Morgan fingerprint density at radius 3 is 2.70 bits per heavy atom. The quantitative estimate of drug-likeness (QED) is 0.485. The molecule has 1 aliphatic heterocycles. The van der Waals surface area contributed by atoms with Crippen molar-refractivity contribution < 1.29 is 9.59 Å². The molecule has 0 aromatic rings. The minimum atomic E-state index is -0.506. The molecule has 5 heteroatoms. The van der Waals surface area contributed by atoms with Gasteiger partial charge in [0, 0.05) is 6.92 Å². The van der Waals surface area contributed by atoms with Crippen LogP contribution in [0.5, 0.6) is 0 Å². The number of thioether (sulfide) groups is 1. The van der Waals surface area contributed by atoms with Gasteiger partial charge in [-0.15, -0.1) is 0 Å². The van der Waals surface area contributed by atoms with Gasteiger partial charge in [0.25, 0.3) is 0 Å². The van der Waals surface area contributed by atoms with Crippen LogP contribution in [0.25, 0.3) is 0 Å². The van der Waals surface area contributed by atoms with Gasteiger partial charge in [-0.1, -0.05) is 11.8 Å². The second-order valence-electron chi connectivity index (χ2n) is 2.06. The van der Waals surface area contributed by atoms with Gasteiger partial charge in [0.2, 0.25) is 5.91 Å². The molecule has 0 aromatic carbocycles. The second-order valence-corrected chi connectivity index (χ2v) is 3.38. The summed E-state index contributed by atoms with van der Waals surface area (Å²) in [7, 11) is 0. The zero-order valence-electron chi connectivity index (χ0n) is 5.46. The fourth-order valence-corrected chi connectivity index (χ4v) is 1.45. The van der Waals surface area contributed by atoms with Gasteiger partial charge in [-0.25, -0.2) is 0 Å². The molecule has 1 aliphatic rings. The van der Waals surface area contributed by atoms with E-state index in [0.717, 1.165) is 11.8 Å². The number of hydrogen-bond donors (Lipinski definition) is 2. The molecule has 0 aromatic heterocycles. The van der Waals surface area contributed by atoms with Crippen LogP contribution in [0.1, 0.15) is 6.92 Å². The molecule has 1 rings (SSSR count). The molecule has 2 unspecified atom stereocenters. The van der Waals surface area contributed by atoms with Crippen LogP contribution in [0, 0.1) is 0 Å². The molecule has 0 spiro atoms. The van der Waals surface area contributed by atoms with Gasteiger partial charge in [0.1, 0.15) is 11.4 Å². The summed E-state index contributed by atoms with van der Waals surface area (Å²) in [6.45, 7) is 1.45. The molecule has 1 amide bonds. The molecule has 1 heterocycles. The lowest BCUT2D eigenvalue weighted by Crippen LogP contribution is -2.65. The van der Waals surface area contributed by atoms with Gasteiger partial charge in [-0.2, -0.15) is 0 Å². The molecule has 0 radical (unpaired) electrons. The van der Waals surface area contributed by atoms with Crippen molar-refractivity contribution in [1.82, 2.24) is 5.32 Å². The van der Waals surface area contributed by atoms with E-state index in [1.165, 1.54) is 6.92 Å². The maximum absolute atomic E-state index is 10.5. The summed E-state index contributed by atoms with van der Waals surface area (Å²) in [6, 6.07) is -0.506. The first-order valence-corrected chi connectivity index (χ1v) is 3.72. The number of hydrogen-bond acceptors (Lipinski definition) is 4. The van der Waals surface area contributed by atoms with Gasteiger partial charge in [-0.3, -0.25) is 9.59 Å².